The summed E-state index contributed by atoms with van der Waals surface area (Å²) >= 11 is 12.4. The van der Waals surface area contributed by atoms with Gasteiger partial charge in [-0.05, 0) is 24.3 Å². The molecule has 1 aliphatic rings. The lowest BCUT2D eigenvalue weighted by molar-refractivity contribution is -0.156. The van der Waals surface area contributed by atoms with Crippen LogP contribution in [-0.2, 0) is 9.53 Å². The van der Waals surface area contributed by atoms with E-state index in [9.17, 15) is 9.90 Å². The number of hydrogen-bond donors (Lipinski definition) is 1. The highest BCUT2D eigenvalue weighted by atomic mass is 35.5. The molecule has 1 aliphatic heterocycles. The largest absolute Gasteiger partial charge is 0.458 e. The minimum absolute atomic E-state index is 0.0222. The van der Waals surface area contributed by atoms with E-state index < -0.39 is 18.2 Å². The standard InChI is InChI=1S/C19H16Cl2O4/c20-12-8-17(21)16(7-6-15-10-13(22)11-19(23)25-15)18(9-12)24-14-4-2-1-3-5-14/h1-9,13,15,22H,10-11H2/t13-,15-/m1/s1. The Balaban J connectivity index is 1.87. The Morgan fingerprint density at radius 2 is 1.96 bits per heavy atom. The fourth-order valence-electron chi connectivity index (χ4n) is 2.55. The van der Waals surface area contributed by atoms with Gasteiger partial charge in [-0.25, -0.2) is 0 Å². The molecule has 130 valence electrons. The van der Waals surface area contributed by atoms with Crippen molar-refractivity contribution in [3.8, 4) is 11.5 Å². The molecule has 4 nitrogen and oxygen atoms in total. The van der Waals surface area contributed by atoms with Gasteiger partial charge in [-0.1, -0.05) is 47.5 Å². The Kier molecular flexibility index (Phi) is 5.63. The summed E-state index contributed by atoms with van der Waals surface area (Å²) in [7, 11) is 0. The molecule has 0 spiro atoms. The molecule has 2 aromatic rings. The number of esters is 1. The number of ether oxygens (including phenoxy) is 2. The van der Waals surface area contributed by atoms with Crippen molar-refractivity contribution >= 4 is 35.2 Å². The molecule has 6 heteroatoms. The van der Waals surface area contributed by atoms with Gasteiger partial charge in [-0.15, -0.1) is 0 Å². The lowest BCUT2D eigenvalue weighted by Crippen LogP contribution is -2.31. The smallest absolute Gasteiger partial charge is 0.309 e. The minimum atomic E-state index is -0.698. The average molecular weight is 379 g/mol. The summed E-state index contributed by atoms with van der Waals surface area (Å²) < 4.78 is 11.1. The number of benzene rings is 2. The molecule has 3 rings (SSSR count). The lowest BCUT2D eigenvalue weighted by Gasteiger charge is -2.23. The number of rotatable bonds is 4. The molecule has 1 fully saturated rings. The van der Waals surface area contributed by atoms with Crippen LogP contribution in [0.2, 0.25) is 10.0 Å². The number of carbonyl (C=O) groups excluding carboxylic acids is 1. The van der Waals surface area contributed by atoms with Gasteiger partial charge < -0.3 is 14.6 Å². The second kappa shape index (κ2) is 7.91. The maximum Gasteiger partial charge on any atom is 0.309 e. The second-order valence-corrected chi connectivity index (χ2v) is 6.54. The first-order chi connectivity index (χ1) is 12.0. The summed E-state index contributed by atoms with van der Waals surface area (Å²) in [6.45, 7) is 0. The summed E-state index contributed by atoms with van der Waals surface area (Å²) in [6, 6.07) is 12.5. The van der Waals surface area contributed by atoms with Crippen molar-refractivity contribution in [2.75, 3.05) is 0 Å². The first kappa shape index (κ1) is 17.8. The maximum absolute atomic E-state index is 11.4. The van der Waals surface area contributed by atoms with Crippen LogP contribution in [0.3, 0.4) is 0 Å². The van der Waals surface area contributed by atoms with Crippen LogP contribution in [0.4, 0.5) is 0 Å². The molecule has 0 unspecified atom stereocenters. The predicted molar refractivity (Wildman–Crippen MR) is 97.1 cm³/mol. The highest BCUT2D eigenvalue weighted by Crippen LogP contribution is 2.35. The van der Waals surface area contributed by atoms with Gasteiger partial charge >= 0.3 is 5.97 Å². The van der Waals surface area contributed by atoms with Crippen LogP contribution in [0.15, 0.2) is 48.5 Å². The zero-order valence-corrected chi connectivity index (χ0v) is 14.7. The van der Waals surface area contributed by atoms with Crippen LogP contribution in [0.25, 0.3) is 6.08 Å². The van der Waals surface area contributed by atoms with Crippen molar-refractivity contribution in [2.45, 2.75) is 25.0 Å². The topological polar surface area (TPSA) is 55.8 Å². The van der Waals surface area contributed by atoms with Gasteiger partial charge in [0.25, 0.3) is 0 Å². The molecule has 0 amide bonds. The van der Waals surface area contributed by atoms with Gasteiger partial charge in [0.15, 0.2) is 0 Å². The van der Waals surface area contributed by atoms with E-state index in [1.165, 1.54) is 0 Å². The van der Waals surface area contributed by atoms with Crippen molar-refractivity contribution in [3.63, 3.8) is 0 Å². The molecule has 25 heavy (non-hydrogen) atoms. The first-order valence-electron chi connectivity index (χ1n) is 7.79. The van der Waals surface area contributed by atoms with Crippen LogP contribution in [0, 0.1) is 0 Å². The number of hydrogen-bond acceptors (Lipinski definition) is 4. The maximum atomic E-state index is 11.4. The van der Waals surface area contributed by atoms with Gasteiger partial charge in [0, 0.05) is 23.1 Å². The fourth-order valence-corrected chi connectivity index (χ4v) is 3.09. The Morgan fingerprint density at radius 1 is 1.20 bits per heavy atom. The number of aliphatic hydroxyl groups excluding tert-OH is 1. The van der Waals surface area contributed by atoms with Crippen LogP contribution < -0.4 is 4.74 Å². The first-order valence-corrected chi connectivity index (χ1v) is 8.54. The third-order valence-electron chi connectivity index (χ3n) is 3.69. The Bertz CT molecular complexity index is 790. The monoisotopic (exact) mass is 378 g/mol. The normalized spacial score (nSPS) is 20.5. The number of halogens is 2. The molecule has 1 saturated heterocycles. The number of cyclic esters (lactones) is 1. The van der Waals surface area contributed by atoms with Crippen LogP contribution in [0.5, 0.6) is 11.5 Å². The van der Waals surface area contributed by atoms with Crippen molar-refractivity contribution < 1.29 is 19.4 Å². The number of carbonyl (C=O) groups is 1. The van der Waals surface area contributed by atoms with Crippen molar-refractivity contribution in [3.05, 3.63) is 64.1 Å². The Labute approximate surface area is 155 Å². The van der Waals surface area contributed by atoms with E-state index in [2.05, 4.69) is 0 Å². The van der Waals surface area contributed by atoms with E-state index in [0.29, 0.717) is 33.5 Å². The molecular weight excluding hydrogens is 363 g/mol. The molecule has 0 radical (unpaired) electrons. The van der Waals surface area contributed by atoms with Gasteiger partial charge in [-0.3, -0.25) is 4.79 Å². The molecule has 0 aliphatic carbocycles. The van der Waals surface area contributed by atoms with Crippen LogP contribution in [-0.4, -0.2) is 23.3 Å². The van der Waals surface area contributed by atoms with E-state index in [4.69, 9.17) is 32.7 Å². The summed E-state index contributed by atoms with van der Waals surface area (Å²) in [5.74, 6) is 0.717. The molecule has 2 aromatic carbocycles. The summed E-state index contributed by atoms with van der Waals surface area (Å²) in [4.78, 5) is 11.4. The number of aliphatic hydroxyl groups is 1. The zero-order chi connectivity index (χ0) is 17.8. The molecule has 0 saturated carbocycles. The molecule has 2 atom stereocenters. The highest BCUT2D eigenvalue weighted by Gasteiger charge is 2.25. The molecule has 1 N–H and O–H groups in total. The van der Waals surface area contributed by atoms with E-state index in [1.807, 2.05) is 30.3 Å². The Morgan fingerprint density at radius 3 is 2.68 bits per heavy atom. The van der Waals surface area contributed by atoms with Gasteiger partial charge in [-0.2, -0.15) is 0 Å². The Hall–Kier alpha value is -2.01. The lowest BCUT2D eigenvalue weighted by atomic mass is 10.0. The average Bonchev–Trinajstić information content (AvgIpc) is 2.54. The SMILES string of the molecule is O=C1C[C@H](O)C[C@@H](C=Cc2c(Cl)cc(Cl)cc2Oc2ccccc2)O1. The van der Waals surface area contributed by atoms with Crippen molar-refractivity contribution in [1.82, 2.24) is 0 Å². The summed E-state index contributed by atoms with van der Waals surface area (Å²) in [6.07, 6.45) is 2.57. The van der Waals surface area contributed by atoms with Gasteiger partial charge in [0.1, 0.15) is 17.6 Å². The molecule has 0 aromatic heterocycles. The third kappa shape index (κ3) is 4.75. The van der Waals surface area contributed by atoms with Crippen molar-refractivity contribution in [1.29, 1.82) is 0 Å². The minimum Gasteiger partial charge on any atom is -0.458 e. The van der Waals surface area contributed by atoms with Crippen LogP contribution >= 0.6 is 23.2 Å². The van der Waals surface area contributed by atoms with E-state index in [1.54, 1.807) is 24.3 Å². The quantitative estimate of drug-likeness (QED) is 0.771. The highest BCUT2D eigenvalue weighted by molar-refractivity contribution is 6.35. The zero-order valence-electron chi connectivity index (χ0n) is 13.2. The number of para-hydroxylation sites is 1. The van der Waals surface area contributed by atoms with Crippen molar-refractivity contribution in [2.24, 2.45) is 0 Å². The van der Waals surface area contributed by atoms with Gasteiger partial charge in [0.05, 0.1) is 17.5 Å². The third-order valence-corrected chi connectivity index (χ3v) is 4.23. The summed E-state index contributed by atoms with van der Waals surface area (Å²) in [5, 5.41) is 10.6. The molecular formula is C19H16Cl2O4. The van der Waals surface area contributed by atoms with E-state index in [0.717, 1.165) is 0 Å². The predicted octanol–water partition coefficient (Wildman–Crippen LogP) is 4.87. The second-order valence-electron chi connectivity index (χ2n) is 5.70. The fraction of sp³-hybridized carbons (Fsp3) is 0.211. The van der Waals surface area contributed by atoms with E-state index >= 15 is 0 Å². The molecule has 1 heterocycles. The van der Waals surface area contributed by atoms with Gasteiger partial charge in [0.2, 0.25) is 0 Å². The van der Waals surface area contributed by atoms with E-state index in [-0.39, 0.29) is 6.42 Å². The molecule has 0 bridgehead atoms. The van der Waals surface area contributed by atoms with Crippen LogP contribution in [0.1, 0.15) is 18.4 Å². The summed E-state index contributed by atoms with van der Waals surface area (Å²) in [5.41, 5.74) is 0.617.